The van der Waals surface area contributed by atoms with E-state index in [1.54, 1.807) is 29.9 Å². The number of rotatable bonds is 6. The van der Waals surface area contributed by atoms with Gasteiger partial charge >= 0.3 is 0 Å². The Hall–Kier alpha value is -1.99. The SMILES string of the molecule is Cn1nc(C2CC2)c(C(CS(N)(=O)=O)S(N)(=O)=O)c1-n1ccc2cc(Cl)cnc21. The summed E-state index contributed by atoms with van der Waals surface area (Å²) < 4.78 is 51.6. The first-order valence-corrected chi connectivity index (χ1v) is 12.4. The molecule has 1 atom stereocenters. The Morgan fingerprint density at radius 2 is 1.97 bits per heavy atom. The van der Waals surface area contributed by atoms with Crippen molar-refractivity contribution < 1.29 is 16.8 Å². The Bertz CT molecular complexity index is 1320. The Kier molecular flexibility index (Phi) is 4.74. The van der Waals surface area contributed by atoms with Gasteiger partial charge < -0.3 is 0 Å². The van der Waals surface area contributed by atoms with Crippen LogP contribution in [0.3, 0.4) is 0 Å². The quantitative estimate of drug-likeness (QED) is 0.559. The Morgan fingerprint density at radius 3 is 2.55 bits per heavy atom. The maximum absolute atomic E-state index is 12.4. The average molecular weight is 459 g/mol. The molecule has 0 saturated heterocycles. The summed E-state index contributed by atoms with van der Waals surface area (Å²) in [5.74, 6) is -0.429. The van der Waals surface area contributed by atoms with E-state index in [0.717, 1.165) is 18.2 Å². The van der Waals surface area contributed by atoms with Crippen LogP contribution in [0.4, 0.5) is 0 Å². The van der Waals surface area contributed by atoms with Crippen molar-refractivity contribution in [3.05, 3.63) is 40.8 Å². The summed E-state index contributed by atoms with van der Waals surface area (Å²) >= 11 is 6.01. The van der Waals surface area contributed by atoms with Crippen molar-refractivity contribution in [3.63, 3.8) is 0 Å². The molecule has 4 rings (SSSR count). The molecule has 1 aliphatic carbocycles. The molecule has 3 aromatic rings. The van der Waals surface area contributed by atoms with E-state index in [2.05, 4.69) is 10.1 Å². The summed E-state index contributed by atoms with van der Waals surface area (Å²) in [5, 5.41) is 14.8. The van der Waals surface area contributed by atoms with E-state index in [0.29, 0.717) is 22.2 Å². The van der Waals surface area contributed by atoms with E-state index >= 15 is 0 Å². The van der Waals surface area contributed by atoms with E-state index in [4.69, 9.17) is 21.9 Å². The molecule has 3 aromatic heterocycles. The maximum atomic E-state index is 12.4. The third kappa shape index (κ3) is 3.90. The molecule has 4 N–H and O–H groups in total. The van der Waals surface area contributed by atoms with Gasteiger partial charge in [-0.1, -0.05) is 11.6 Å². The minimum Gasteiger partial charge on any atom is -0.285 e. The molecule has 0 spiro atoms. The topological polar surface area (TPSA) is 156 Å². The van der Waals surface area contributed by atoms with Gasteiger partial charge in [0.15, 0.2) is 0 Å². The van der Waals surface area contributed by atoms with Crippen LogP contribution in [0, 0.1) is 0 Å². The molecule has 0 amide bonds. The average Bonchev–Trinajstić information content (AvgIpc) is 3.27. The number of fused-ring (bicyclic) bond motifs is 1. The molecule has 29 heavy (non-hydrogen) atoms. The lowest BCUT2D eigenvalue weighted by Crippen LogP contribution is -2.32. The minimum absolute atomic E-state index is 0.0407. The smallest absolute Gasteiger partial charge is 0.217 e. The van der Waals surface area contributed by atoms with Crippen molar-refractivity contribution in [2.75, 3.05) is 5.75 Å². The highest BCUT2D eigenvalue weighted by Crippen LogP contribution is 2.45. The highest BCUT2D eigenvalue weighted by atomic mass is 35.5. The fraction of sp³-hybridized carbons (Fsp3) is 0.375. The van der Waals surface area contributed by atoms with Crippen molar-refractivity contribution >= 4 is 42.7 Å². The van der Waals surface area contributed by atoms with Gasteiger partial charge in [-0.15, -0.1) is 0 Å². The zero-order valence-electron chi connectivity index (χ0n) is 15.4. The highest BCUT2D eigenvalue weighted by molar-refractivity contribution is 7.93. The summed E-state index contributed by atoms with van der Waals surface area (Å²) in [4.78, 5) is 4.33. The molecule has 1 saturated carbocycles. The van der Waals surface area contributed by atoms with Gasteiger partial charge in [-0.2, -0.15) is 5.10 Å². The summed E-state index contributed by atoms with van der Waals surface area (Å²) in [6.45, 7) is 0. The lowest BCUT2D eigenvalue weighted by Gasteiger charge is -2.17. The zero-order valence-corrected chi connectivity index (χ0v) is 17.7. The highest BCUT2D eigenvalue weighted by Gasteiger charge is 2.40. The van der Waals surface area contributed by atoms with Gasteiger partial charge in [0.25, 0.3) is 0 Å². The molecule has 0 radical (unpaired) electrons. The predicted molar refractivity (Wildman–Crippen MR) is 109 cm³/mol. The number of nitrogens with two attached hydrogens (primary N) is 2. The van der Waals surface area contributed by atoms with Crippen molar-refractivity contribution in [1.82, 2.24) is 19.3 Å². The Balaban J connectivity index is 2.02. The second-order valence-electron chi connectivity index (χ2n) is 7.18. The van der Waals surface area contributed by atoms with E-state index in [1.165, 1.54) is 10.9 Å². The number of pyridine rings is 1. The van der Waals surface area contributed by atoms with Gasteiger partial charge in [0.1, 0.15) is 16.7 Å². The summed E-state index contributed by atoms with van der Waals surface area (Å²) in [7, 11) is -6.79. The second kappa shape index (κ2) is 6.77. The van der Waals surface area contributed by atoms with E-state index in [1.807, 2.05) is 0 Å². The van der Waals surface area contributed by atoms with Crippen molar-refractivity contribution in [3.8, 4) is 5.82 Å². The van der Waals surface area contributed by atoms with E-state index in [-0.39, 0.29) is 11.5 Å². The normalized spacial score (nSPS) is 16.4. The summed E-state index contributed by atoms with van der Waals surface area (Å²) in [6.07, 6.45) is 4.83. The van der Waals surface area contributed by atoms with Gasteiger partial charge in [-0.25, -0.2) is 32.1 Å². The number of hydrogen-bond donors (Lipinski definition) is 2. The molecule has 1 fully saturated rings. The molecule has 156 valence electrons. The predicted octanol–water partition coefficient (Wildman–Crippen LogP) is 0.908. The van der Waals surface area contributed by atoms with Crippen LogP contribution in [0.1, 0.15) is 35.3 Å². The Labute approximate surface area is 172 Å². The van der Waals surface area contributed by atoms with Crippen LogP contribution >= 0.6 is 11.6 Å². The molecule has 1 unspecified atom stereocenters. The number of sulfonamides is 2. The standard InChI is InChI=1S/C16H19ClN6O4S2/c1-22-16(23-5-4-10-6-11(17)7-20-15(10)23)13(14(21-22)9-2-3-9)12(29(19,26)27)8-28(18,24)25/h4-7,9,12H,2-3,8H2,1H3,(H2,18,24,25)(H2,19,26,27). The van der Waals surface area contributed by atoms with E-state index in [9.17, 15) is 16.8 Å². The molecule has 13 heteroatoms. The first-order chi connectivity index (χ1) is 13.5. The van der Waals surface area contributed by atoms with Gasteiger partial charge in [-0.3, -0.25) is 9.25 Å². The number of hydrogen-bond acceptors (Lipinski definition) is 6. The monoisotopic (exact) mass is 458 g/mol. The van der Waals surface area contributed by atoms with E-state index < -0.39 is 31.0 Å². The van der Waals surface area contributed by atoms with Crippen LogP contribution in [-0.2, 0) is 27.1 Å². The first-order valence-electron chi connectivity index (χ1n) is 8.67. The number of nitrogens with zero attached hydrogens (tertiary/aromatic N) is 4. The van der Waals surface area contributed by atoms with Crippen molar-refractivity contribution in [1.29, 1.82) is 0 Å². The number of halogens is 1. The molecule has 0 aromatic carbocycles. The number of aromatic nitrogens is 4. The molecule has 0 aliphatic heterocycles. The molecule has 10 nitrogen and oxygen atoms in total. The van der Waals surface area contributed by atoms with Crippen molar-refractivity contribution in [2.24, 2.45) is 17.3 Å². The van der Waals surface area contributed by atoms with Crippen LogP contribution in [0.15, 0.2) is 24.5 Å². The lowest BCUT2D eigenvalue weighted by atomic mass is 10.1. The summed E-state index contributed by atoms with van der Waals surface area (Å²) in [5.41, 5.74) is 1.27. The third-order valence-corrected chi connectivity index (χ3v) is 7.28. The van der Waals surface area contributed by atoms with Gasteiger partial charge in [0.05, 0.1) is 16.5 Å². The molecule has 3 heterocycles. The van der Waals surface area contributed by atoms with Gasteiger partial charge in [0.2, 0.25) is 20.0 Å². The van der Waals surface area contributed by atoms with Crippen LogP contribution in [0.25, 0.3) is 16.9 Å². The maximum Gasteiger partial charge on any atom is 0.217 e. The van der Waals surface area contributed by atoms with Crippen LogP contribution in [0.5, 0.6) is 0 Å². The fourth-order valence-corrected chi connectivity index (χ4v) is 6.16. The molecule has 0 bridgehead atoms. The second-order valence-corrected chi connectivity index (χ2v) is 11.0. The largest absolute Gasteiger partial charge is 0.285 e. The Morgan fingerprint density at radius 1 is 1.28 bits per heavy atom. The fourth-order valence-electron chi connectivity index (χ4n) is 3.53. The summed E-state index contributed by atoms with van der Waals surface area (Å²) in [6, 6.07) is 3.49. The lowest BCUT2D eigenvalue weighted by molar-refractivity contribution is 0.576. The first kappa shape index (κ1) is 20.3. The zero-order chi connectivity index (χ0) is 21.1. The third-order valence-electron chi connectivity index (χ3n) is 4.87. The van der Waals surface area contributed by atoms with Crippen LogP contribution in [-0.4, -0.2) is 41.9 Å². The molecular weight excluding hydrogens is 440 g/mol. The van der Waals surface area contributed by atoms with Crippen LogP contribution in [0.2, 0.25) is 5.02 Å². The van der Waals surface area contributed by atoms with Crippen molar-refractivity contribution in [2.45, 2.75) is 24.0 Å². The molecular formula is C16H19ClN6O4S2. The van der Waals surface area contributed by atoms with Gasteiger partial charge in [0, 0.05) is 36.3 Å². The van der Waals surface area contributed by atoms with Crippen LogP contribution < -0.4 is 10.3 Å². The number of aryl methyl sites for hydroxylation is 1. The minimum atomic E-state index is -4.31. The molecule has 1 aliphatic rings. The number of primary sulfonamides is 2. The van der Waals surface area contributed by atoms with Gasteiger partial charge in [-0.05, 0) is 25.0 Å².